The van der Waals surface area contributed by atoms with Gasteiger partial charge >= 0.3 is 6.09 Å². The largest absolute Gasteiger partial charge is 0.445 e. The minimum atomic E-state index is -0.799. The highest BCUT2D eigenvalue weighted by molar-refractivity contribution is 6.00. The fraction of sp³-hybridized carbons (Fsp3) is 0.447. The molecule has 8 heteroatoms. The molecule has 0 aliphatic carbocycles. The van der Waals surface area contributed by atoms with E-state index in [0.717, 1.165) is 50.0 Å². The Balaban J connectivity index is 1.10. The minimum absolute atomic E-state index is 0.0158. The summed E-state index contributed by atoms with van der Waals surface area (Å²) in [6.45, 7) is 3.83. The third-order valence-electron chi connectivity index (χ3n) is 9.39. The van der Waals surface area contributed by atoms with E-state index < -0.39 is 17.7 Å². The first-order chi connectivity index (χ1) is 22.5. The van der Waals surface area contributed by atoms with E-state index in [1.165, 1.54) is 5.56 Å². The fourth-order valence-electron chi connectivity index (χ4n) is 6.67. The molecular weight excluding hydrogens is 576 g/mol. The summed E-state index contributed by atoms with van der Waals surface area (Å²) in [6.07, 6.45) is 6.83. The molecule has 2 heterocycles. The van der Waals surface area contributed by atoms with E-state index >= 15 is 0 Å². The van der Waals surface area contributed by atoms with Crippen LogP contribution in [0, 0.1) is 0 Å². The number of alkyl carbamates (subject to hydrolysis) is 1. The van der Waals surface area contributed by atoms with Gasteiger partial charge in [-0.25, -0.2) is 4.79 Å². The summed E-state index contributed by atoms with van der Waals surface area (Å²) in [5.41, 5.74) is 2.67. The molecule has 1 spiro atoms. The highest BCUT2D eigenvalue weighted by atomic mass is 16.5. The molecule has 5 rings (SSSR count). The number of hydrogen-bond donors (Lipinski definition) is 2. The number of unbranched alkanes of at least 4 members (excludes halogenated alkanes) is 2. The van der Waals surface area contributed by atoms with E-state index in [0.29, 0.717) is 51.6 Å². The molecule has 1 atom stereocenters. The first-order valence-electron chi connectivity index (χ1n) is 16.9. The number of rotatable bonds is 15. The van der Waals surface area contributed by atoms with E-state index in [1.807, 2.05) is 53.4 Å². The van der Waals surface area contributed by atoms with Crippen molar-refractivity contribution >= 4 is 17.9 Å². The van der Waals surface area contributed by atoms with Crippen molar-refractivity contribution in [2.45, 2.75) is 76.0 Å². The van der Waals surface area contributed by atoms with E-state index in [9.17, 15) is 14.4 Å². The van der Waals surface area contributed by atoms with Gasteiger partial charge in [-0.05, 0) is 81.0 Å². The number of nitrogens with zero attached hydrogens (tertiary/aromatic N) is 2. The normalized spacial score (nSPS) is 17.9. The van der Waals surface area contributed by atoms with Crippen LogP contribution >= 0.6 is 0 Å². The zero-order valence-electron chi connectivity index (χ0n) is 26.9. The Kier molecular flexibility index (Phi) is 12.2. The second kappa shape index (κ2) is 16.9. The van der Waals surface area contributed by atoms with Crippen LogP contribution in [0.15, 0.2) is 91.0 Å². The summed E-state index contributed by atoms with van der Waals surface area (Å²) in [4.78, 5) is 44.3. The topological polar surface area (TPSA) is 91.0 Å². The van der Waals surface area contributed by atoms with Crippen molar-refractivity contribution in [2.24, 2.45) is 0 Å². The van der Waals surface area contributed by atoms with Gasteiger partial charge in [0.05, 0.1) is 0 Å². The third-order valence-corrected chi connectivity index (χ3v) is 9.39. The maximum atomic E-state index is 14.0. The SMILES string of the molecule is O=C(NCCCCC1NC(=O)C2(CCN(CCCCc3ccccc3)CC2)N(CCc2ccccc2)C1=O)OCc1ccccc1. The Morgan fingerprint density at radius 2 is 1.37 bits per heavy atom. The van der Waals surface area contributed by atoms with Crippen LogP contribution in [-0.4, -0.2) is 72.0 Å². The molecule has 2 fully saturated rings. The van der Waals surface area contributed by atoms with Crippen LogP contribution in [0.3, 0.4) is 0 Å². The molecule has 0 radical (unpaired) electrons. The third kappa shape index (κ3) is 9.19. The number of amides is 3. The lowest BCUT2D eigenvalue weighted by molar-refractivity contribution is -0.161. The molecule has 3 aromatic rings. The van der Waals surface area contributed by atoms with Gasteiger partial charge in [-0.15, -0.1) is 0 Å². The number of hydrogen-bond acceptors (Lipinski definition) is 5. The molecule has 244 valence electrons. The van der Waals surface area contributed by atoms with Gasteiger partial charge in [0.15, 0.2) is 0 Å². The molecule has 8 nitrogen and oxygen atoms in total. The van der Waals surface area contributed by atoms with Gasteiger partial charge in [-0.3, -0.25) is 9.59 Å². The Hall–Kier alpha value is -4.17. The lowest BCUT2D eigenvalue weighted by atomic mass is 9.81. The Labute approximate surface area is 273 Å². The first-order valence-corrected chi connectivity index (χ1v) is 16.9. The van der Waals surface area contributed by atoms with Crippen molar-refractivity contribution in [1.82, 2.24) is 20.4 Å². The Morgan fingerprint density at radius 1 is 0.761 bits per heavy atom. The van der Waals surface area contributed by atoms with Crippen LogP contribution in [0.2, 0.25) is 0 Å². The average molecular weight is 625 g/mol. The molecule has 2 N–H and O–H groups in total. The molecule has 2 aliphatic rings. The predicted octanol–water partition coefficient (Wildman–Crippen LogP) is 5.51. The molecule has 1 unspecified atom stereocenters. The van der Waals surface area contributed by atoms with Crippen molar-refractivity contribution in [3.63, 3.8) is 0 Å². The standard InChI is InChI=1S/C38H48N4O4/c43-35-34(21-10-12-25-39-37(45)46-30-33-19-8-3-9-20-33)40-36(44)38(42(35)27-22-32-16-6-2-7-17-32)23-28-41(29-24-38)26-13-11-18-31-14-4-1-5-15-31/h1-9,14-17,19-20,34H,10-13,18,21-30H2,(H,39,45)(H,40,44). The highest BCUT2D eigenvalue weighted by Gasteiger charge is 2.53. The average Bonchev–Trinajstić information content (AvgIpc) is 3.10. The first kappa shape index (κ1) is 33.2. The molecule has 0 bridgehead atoms. The van der Waals surface area contributed by atoms with Crippen molar-refractivity contribution in [3.8, 4) is 0 Å². The van der Waals surface area contributed by atoms with Crippen molar-refractivity contribution in [3.05, 3.63) is 108 Å². The number of piperidine rings is 1. The molecule has 3 amide bonds. The van der Waals surface area contributed by atoms with Gasteiger partial charge in [0.25, 0.3) is 0 Å². The highest BCUT2D eigenvalue weighted by Crippen LogP contribution is 2.34. The summed E-state index contributed by atoms with van der Waals surface area (Å²) >= 11 is 0. The number of benzene rings is 3. The van der Waals surface area contributed by atoms with Gasteiger partial charge in [-0.2, -0.15) is 0 Å². The maximum absolute atomic E-state index is 14.0. The Morgan fingerprint density at radius 3 is 2.02 bits per heavy atom. The van der Waals surface area contributed by atoms with Crippen LogP contribution in [0.1, 0.15) is 61.6 Å². The van der Waals surface area contributed by atoms with Crippen LogP contribution in [0.4, 0.5) is 4.79 Å². The quantitative estimate of drug-likeness (QED) is 0.218. The second-order valence-corrected chi connectivity index (χ2v) is 12.6. The zero-order chi connectivity index (χ0) is 32.0. The lowest BCUT2D eigenvalue weighted by Gasteiger charge is -2.51. The second-order valence-electron chi connectivity index (χ2n) is 12.6. The number of likely N-dealkylation sites (tertiary alicyclic amines) is 1. The monoisotopic (exact) mass is 624 g/mol. The molecule has 3 aromatic carbocycles. The number of ether oxygens (including phenoxy) is 1. The summed E-state index contributed by atoms with van der Waals surface area (Å²) in [5.74, 6) is -0.00132. The fourth-order valence-corrected chi connectivity index (χ4v) is 6.67. The summed E-state index contributed by atoms with van der Waals surface area (Å²) in [5, 5.41) is 5.90. The summed E-state index contributed by atoms with van der Waals surface area (Å²) in [6, 6.07) is 29.8. The number of piperazine rings is 1. The van der Waals surface area contributed by atoms with E-state index in [4.69, 9.17) is 4.74 Å². The van der Waals surface area contributed by atoms with E-state index in [-0.39, 0.29) is 18.4 Å². The molecule has 46 heavy (non-hydrogen) atoms. The van der Waals surface area contributed by atoms with Crippen LogP contribution in [0.25, 0.3) is 0 Å². The smallest absolute Gasteiger partial charge is 0.407 e. The molecule has 0 aromatic heterocycles. The zero-order valence-corrected chi connectivity index (χ0v) is 26.9. The number of carbonyl (C=O) groups excluding carboxylic acids is 3. The van der Waals surface area contributed by atoms with Crippen LogP contribution in [0.5, 0.6) is 0 Å². The van der Waals surface area contributed by atoms with Gasteiger partial charge < -0.3 is 25.2 Å². The lowest BCUT2D eigenvalue weighted by Crippen LogP contribution is -2.73. The molecule has 2 saturated heterocycles. The van der Waals surface area contributed by atoms with Crippen molar-refractivity contribution in [1.29, 1.82) is 0 Å². The minimum Gasteiger partial charge on any atom is -0.445 e. The van der Waals surface area contributed by atoms with E-state index in [2.05, 4.69) is 58.0 Å². The van der Waals surface area contributed by atoms with Crippen LogP contribution in [-0.2, 0) is 33.8 Å². The van der Waals surface area contributed by atoms with Gasteiger partial charge in [-0.1, -0.05) is 91.0 Å². The summed E-state index contributed by atoms with van der Waals surface area (Å²) in [7, 11) is 0. The number of nitrogens with one attached hydrogen (secondary N) is 2. The van der Waals surface area contributed by atoms with Crippen LogP contribution < -0.4 is 10.6 Å². The number of aryl methyl sites for hydroxylation is 1. The molecular formula is C38H48N4O4. The van der Waals surface area contributed by atoms with E-state index in [1.54, 1.807) is 0 Å². The molecule has 0 saturated carbocycles. The molecule has 2 aliphatic heterocycles. The predicted molar refractivity (Wildman–Crippen MR) is 180 cm³/mol. The van der Waals surface area contributed by atoms with Crippen molar-refractivity contribution in [2.75, 3.05) is 32.7 Å². The maximum Gasteiger partial charge on any atom is 0.407 e. The van der Waals surface area contributed by atoms with Gasteiger partial charge in [0, 0.05) is 26.2 Å². The Bertz CT molecular complexity index is 1380. The van der Waals surface area contributed by atoms with Gasteiger partial charge in [0.1, 0.15) is 18.2 Å². The van der Waals surface area contributed by atoms with Gasteiger partial charge in [0.2, 0.25) is 11.8 Å². The van der Waals surface area contributed by atoms with Crippen molar-refractivity contribution < 1.29 is 19.1 Å². The number of carbonyl (C=O) groups is 3. The summed E-state index contributed by atoms with van der Waals surface area (Å²) < 4.78 is 5.28.